The van der Waals surface area contributed by atoms with Gasteiger partial charge in [-0.15, -0.1) is 0 Å². The van der Waals surface area contributed by atoms with Crippen molar-refractivity contribution in [1.29, 1.82) is 0 Å². The fraction of sp³-hybridized carbons (Fsp3) is 0.200. The number of rotatable bonds is 3. The molecule has 0 radical (unpaired) electrons. The second-order valence-electron chi connectivity index (χ2n) is 6.34. The normalized spacial score (nSPS) is 12.3. The summed E-state index contributed by atoms with van der Waals surface area (Å²) in [7, 11) is 1.66. The molecule has 26 heavy (non-hydrogen) atoms. The van der Waals surface area contributed by atoms with Gasteiger partial charge >= 0.3 is 0 Å². The highest BCUT2D eigenvalue weighted by Crippen LogP contribution is 2.36. The molecule has 3 aromatic rings. The van der Waals surface area contributed by atoms with Gasteiger partial charge in [-0.2, -0.15) is 0 Å². The molecule has 0 bridgehead atoms. The number of hydrogen-bond acceptors (Lipinski definition) is 5. The number of methoxy groups -OCH3 is 1. The van der Waals surface area contributed by atoms with Crippen LogP contribution in [-0.2, 0) is 12.8 Å². The lowest BCUT2D eigenvalue weighted by molar-refractivity contribution is 0.415. The van der Waals surface area contributed by atoms with Gasteiger partial charge in [0.15, 0.2) is 0 Å². The van der Waals surface area contributed by atoms with E-state index in [1.54, 1.807) is 26.2 Å². The lowest BCUT2D eigenvalue weighted by Gasteiger charge is -2.20. The first-order valence-electron chi connectivity index (χ1n) is 8.34. The van der Waals surface area contributed by atoms with Crippen LogP contribution in [0, 0.1) is 6.92 Å². The molecule has 0 unspecified atom stereocenters. The van der Waals surface area contributed by atoms with Crippen LogP contribution in [0.4, 0.5) is 11.6 Å². The molecule has 0 saturated carbocycles. The second-order valence-corrected chi connectivity index (χ2v) is 6.75. The number of nitrogens with one attached hydrogen (secondary N) is 1. The molecule has 132 valence electrons. The molecule has 1 aliphatic carbocycles. The average Bonchev–Trinajstić information content (AvgIpc) is 2.65. The fourth-order valence-corrected chi connectivity index (χ4v) is 3.48. The largest absolute Gasteiger partial charge is 0.506 e. The quantitative estimate of drug-likeness (QED) is 0.659. The van der Waals surface area contributed by atoms with Crippen LogP contribution in [0.1, 0.15) is 16.7 Å². The Kier molecular flexibility index (Phi) is 4.17. The summed E-state index contributed by atoms with van der Waals surface area (Å²) in [5.74, 6) is 1.39. The van der Waals surface area contributed by atoms with E-state index in [2.05, 4.69) is 16.4 Å². The summed E-state index contributed by atoms with van der Waals surface area (Å²) >= 11 is 6.06. The van der Waals surface area contributed by atoms with Crippen molar-refractivity contribution in [2.24, 2.45) is 0 Å². The van der Waals surface area contributed by atoms with Crippen molar-refractivity contribution < 1.29 is 9.84 Å². The zero-order chi connectivity index (χ0) is 18.3. The number of ether oxygens (including phenoxy) is 1. The third kappa shape index (κ3) is 2.95. The van der Waals surface area contributed by atoms with Crippen molar-refractivity contribution in [2.75, 3.05) is 12.4 Å². The zero-order valence-electron chi connectivity index (χ0n) is 14.5. The Balaban J connectivity index is 1.73. The smallest absolute Gasteiger partial charge is 0.227 e. The third-order valence-corrected chi connectivity index (χ3v) is 4.90. The van der Waals surface area contributed by atoms with Gasteiger partial charge in [-0.3, -0.25) is 0 Å². The van der Waals surface area contributed by atoms with Crippen molar-refractivity contribution >= 4 is 23.2 Å². The Morgan fingerprint density at radius 1 is 1.15 bits per heavy atom. The Hall–Kier alpha value is -2.79. The number of nitrogens with zero attached hydrogens (tertiary/aromatic N) is 2. The molecule has 0 atom stereocenters. The van der Waals surface area contributed by atoms with Gasteiger partial charge in [0.1, 0.15) is 11.5 Å². The summed E-state index contributed by atoms with van der Waals surface area (Å²) in [6, 6.07) is 9.55. The van der Waals surface area contributed by atoms with E-state index in [-0.39, 0.29) is 5.75 Å². The van der Waals surface area contributed by atoms with E-state index in [0.29, 0.717) is 16.5 Å². The molecule has 0 saturated heterocycles. The molecule has 1 heterocycles. The first-order valence-corrected chi connectivity index (χ1v) is 8.72. The van der Waals surface area contributed by atoms with Gasteiger partial charge in [-0.25, -0.2) is 9.97 Å². The van der Waals surface area contributed by atoms with Crippen molar-refractivity contribution in [3.05, 3.63) is 58.2 Å². The van der Waals surface area contributed by atoms with Crippen LogP contribution in [0.2, 0.25) is 5.02 Å². The van der Waals surface area contributed by atoms with Gasteiger partial charge in [0.25, 0.3) is 0 Å². The highest BCUT2D eigenvalue weighted by molar-refractivity contribution is 6.32. The van der Waals surface area contributed by atoms with E-state index in [4.69, 9.17) is 21.3 Å². The summed E-state index contributed by atoms with van der Waals surface area (Å²) < 4.78 is 5.36. The van der Waals surface area contributed by atoms with Crippen LogP contribution < -0.4 is 10.1 Å². The SMILES string of the molecule is COc1ccc2c(c1)-c1nc(Nc3cc(C)c(O)c(Cl)c3)ncc1CC2. The maximum absolute atomic E-state index is 9.81. The number of aromatic nitrogens is 2. The molecule has 2 aromatic carbocycles. The highest BCUT2D eigenvalue weighted by atomic mass is 35.5. The number of halogens is 1. The van der Waals surface area contributed by atoms with Gasteiger partial charge < -0.3 is 15.2 Å². The predicted molar refractivity (Wildman–Crippen MR) is 103 cm³/mol. The monoisotopic (exact) mass is 367 g/mol. The summed E-state index contributed by atoms with van der Waals surface area (Å²) in [4.78, 5) is 9.15. The van der Waals surface area contributed by atoms with Crippen LogP contribution >= 0.6 is 11.6 Å². The van der Waals surface area contributed by atoms with Crippen LogP contribution in [0.3, 0.4) is 0 Å². The van der Waals surface area contributed by atoms with E-state index < -0.39 is 0 Å². The molecule has 0 spiro atoms. The molecule has 5 nitrogen and oxygen atoms in total. The maximum atomic E-state index is 9.81. The number of phenolic OH excluding ortho intramolecular Hbond substituents is 1. The number of phenols is 1. The topological polar surface area (TPSA) is 67.3 Å². The summed E-state index contributed by atoms with van der Waals surface area (Å²) in [5, 5.41) is 13.3. The number of aryl methyl sites for hydroxylation is 3. The predicted octanol–water partition coefficient (Wildman–Crippen LogP) is 4.66. The first kappa shape index (κ1) is 16.7. The fourth-order valence-electron chi connectivity index (χ4n) is 3.21. The van der Waals surface area contributed by atoms with Crippen LogP contribution in [0.15, 0.2) is 36.5 Å². The lowest BCUT2D eigenvalue weighted by Crippen LogP contribution is -2.09. The molecule has 1 aromatic heterocycles. The van der Waals surface area contributed by atoms with Gasteiger partial charge in [-0.05, 0) is 60.7 Å². The van der Waals surface area contributed by atoms with Crippen LogP contribution in [0.25, 0.3) is 11.3 Å². The van der Waals surface area contributed by atoms with Crippen molar-refractivity contribution in [2.45, 2.75) is 19.8 Å². The Labute approximate surface area is 156 Å². The van der Waals surface area contributed by atoms with Crippen LogP contribution in [0.5, 0.6) is 11.5 Å². The Morgan fingerprint density at radius 2 is 1.96 bits per heavy atom. The van der Waals surface area contributed by atoms with E-state index in [0.717, 1.165) is 41.1 Å². The van der Waals surface area contributed by atoms with E-state index >= 15 is 0 Å². The molecule has 0 aliphatic heterocycles. The number of fused-ring (bicyclic) bond motifs is 3. The molecule has 4 rings (SSSR count). The third-order valence-electron chi connectivity index (χ3n) is 4.61. The summed E-state index contributed by atoms with van der Waals surface area (Å²) in [6.07, 6.45) is 3.75. The van der Waals surface area contributed by atoms with Crippen LogP contribution in [-0.4, -0.2) is 22.2 Å². The molecule has 1 aliphatic rings. The first-order chi connectivity index (χ1) is 12.5. The van der Waals surface area contributed by atoms with Gasteiger partial charge in [-0.1, -0.05) is 17.7 Å². The van der Waals surface area contributed by atoms with E-state index in [9.17, 15) is 5.11 Å². The van der Waals surface area contributed by atoms with Crippen molar-refractivity contribution in [1.82, 2.24) is 9.97 Å². The van der Waals surface area contributed by atoms with Crippen molar-refractivity contribution in [3.8, 4) is 22.8 Å². The van der Waals surface area contributed by atoms with E-state index in [1.807, 2.05) is 18.3 Å². The molecule has 0 amide bonds. The average molecular weight is 368 g/mol. The Morgan fingerprint density at radius 3 is 2.73 bits per heavy atom. The number of hydrogen-bond donors (Lipinski definition) is 2. The number of aromatic hydroxyl groups is 1. The van der Waals surface area contributed by atoms with E-state index in [1.165, 1.54) is 5.56 Å². The number of benzene rings is 2. The molecular weight excluding hydrogens is 350 g/mol. The standard InChI is InChI=1S/C20H18ClN3O2/c1-11-7-14(8-17(21)19(11)25)23-20-22-10-13-4-3-12-5-6-15(26-2)9-16(12)18(13)24-20/h5-10,25H,3-4H2,1-2H3,(H,22,23,24). The van der Waals surface area contributed by atoms with Crippen molar-refractivity contribution in [3.63, 3.8) is 0 Å². The van der Waals surface area contributed by atoms with Gasteiger partial charge in [0.2, 0.25) is 5.95 Å². The second kappa shape index (κ2) is 6.50. The Bertz CT molecular complexity index is 981. The van der Waals surface area contributed by atoms with Gasteiger partial charge in [0.05, 0.1) is 17.8 Å². The lowest BCUT2D eigenvalue weighted by atomic mass is 9.90. The minimum absolute atomic E-state index is 0.0876. The summed E-state index contributed by atoms with van der Waals surface area (Å²) in [6.45, 7) is 1.79. The summed E-state index contributed by atoms with van der Waals surface area (Å²) in [5.41, 5.74) is 5.79. The maximum Gasteiger partial charge on any atom is 0.227 e. The minimum atomic E-state index is 0.0876. The molecule has 2 N–H and O–H groups in total. The number of anilines is 2. The molecule has 6 heteroatoms. The minimum Gasteiger partial charge on any atom is -0.506 e. The molecule has 0 fully saturated rings. The van der Waals surface area contributed by atoms with Gasteiger partial charge in [0, 0.05) is 17.4 Å². The highest BCUT2D eigenvalue weighted by Gasteiger charge is 2.19. The molecular formula is C20H18ClN3O2. The zero-order valence-corrected chi connectivity index (χ0v) is 15.3.